The van der Waals surface area contributed by atoms with Crippen LogP contribution >= 0.6 is 0 Å². The third-order valence-corrected chi connectivity index (χ3v) is 5.24. The second-order valence-electron chi connectivity index (χ2n) is 7.29. The molecule has 29 heavy (non-hydrogen) atoms. The van der Waals surface area contributed by atoms with E-state index in [-0.39, 0.29) is 30.7 Å². The van der Waals surface area contributed by atoms with Crippen LogP contribution in [0.3, 0.4) is 0 Å². The predicted octanol–water partition coefficient (Wildman–Crippen LogP) is 0.779. The maximum Gasteiger partial charge on any atom is 0.239 e. The fraction of sp³-hybridized carbons (Fsp3) is 0.409. The second-order valence-corrected chi connectivity index (χ2v) is 7.29. The smallest absolute Gasteiger partial charge is 0.239 e. The van der Waals surface area contributed by atoms with E-state index in [1.807, 2.05) is 47.4 Å². The van der Waals surface area contributed by atoms with Gasteiger partial charge in [-0.2, -0.15) is 0 Å². The standard InChI is InChI=1S/C22H28N4O3/c1-17(27)26-13-11-25(12-14-26)10-9-23-22(29)16-24-21(28)15-19-7-4-6-18-5-2-3-8-20(18)19/h2-8H,9-16H2,1H3,(H,23,29)(H,24,28). The molecule has 0 unspecified atom stereocenters. The van der Waals surface area contributed by atoms with E-state index in [0.29, 0.717) is 6.54 Å². The topological polar surface area (TPSA) is 81.8 Å². The second kappa shape index (κ2) is 10.0. The fourth-order valence-electron chi connectivity index (χ4n) is 3.56. The summed E-state index contributed by atoms with van der Waals surface area (Å²) in [6.45, 7) is 5.92. The Balaban J connectivity index is 1.35. The molecule has 0 spiro atoms. The van der Waals surface area contributed by atoms with Gasteiger partial charge in [-0.05, 0) is 16.3 Å². The van der Waals surface area contributed by atoms with E-state index < -0.39 is 0 Å². The monoisotopic (exact) mass is 396 g/mol. The first-order valence-electron chi connectivity index (χ1n) is 10.0. The lowest BCUT2D eigenvalue weighted by molar-refractivity contribution is -0.130. The first-order valence-corrected chi connectivity index (χ1v) is 10.0. The van der Waals surface area contributed by atoms with E-state index >= 15 is 0 Å². The first kappa shape index (κ1) is 20.8. The highest BCUT2D eigenvalue weighted by Crippen LogP contribution is 2.18. The molecule has 0 aliphatic carbocycles. The van der Waals surface area contributed by atoms with Crippen LogP contribution in [0.25, 0.3) is 10.8 Å². The van der Waals surface area contributed by atoms with Crippen LogP contribution in [0.5, 0.6) is 0 Å². The average molecular weight is 396 g/mol. The maximum absolute atomic E-state index is 12.2. The van der Waals surface area contributed by atoms with Gasteiger partial charge in [-0.25, -0.2) is 0 Å². The van der Waals surface area contributed by atoms with Gasteiger partial charge in [-0.1, -0.05) is 42.5 Å². The zero-order valence-electron chi connectivity index (χ0n) is 16.8. The normalized spacial score (nSPS) is 14.6. The van der Waals surface area contributed by atoms with Crippen molar-refractivity contribution in [2.45, 2.75) is 13.3 Å². The van der Waals surface area contributed by atoms with Crippen molar-refractivity contribution in [1.29, 1.82) is 0 Å². The van der Waals surface area contributed by atoms with Gasteiger partial charge in [0.25, 0.3) is 0 Å². The molecule has 1 saturated heterocycles. The van der Waals surface area contributed by atoms with E-state index in [1.54, 1.807) is 6.92 Å². The van der Waals surface area contributed by atoms with Crippen molar-refractivity contribution < 1.29 is 14.4 Å². The molecule has 1 aliphatic rings. The molecule has 0 atom stereocenters. The molecule has 2 aromatic rings. The van der Waals surface area contributed by atoms with Crippen molar-refractivity contribution in [3.63, 3.8) is 0 Å². The van der Waals surface area contributed by atoms with Gasteiger partial charge >= 0.3 is 0 Å². The Kier molecular flexibility index (Phi) is 7.19. The van der Waals surface area contributed by atoms with Crippen LogP contribution in [0.1, 0.15) is 12.5 Å². The summed E-state index contributed by atoms with van der Waals surface area (Å²) in [7, 11) is 0. The van der Waals surface area contributed by atoms with Crippen LogP contribution in [-0.4, -0.2) is 73.3 Å². The number of nitrogens with zero attached hydrogens (tertiary/aromatic N) is 2. The maximum atomic E-state index is 12.2. The summed E-state index contributed by atoms with van der Waals surface area (Å²) in [6.07, 6.45) is 0.245. The van der Waals surface area contributed by atoms with Gasteiger partial charge in [0, 0.05) is 46.2 Å². The Hall–Kier alpha value is -2.93. The van der Waals surface area contributed by atoms with Crippen LogP contribution < -0.4 is 10.6 Å². The van der Waals surface area contributed by atoms with E-state index in [1.165, 1.54) is 0 Å². The lowest BCUT2D eigenvalue weighted by Crippen LogP contribution is -2.50. The summed E-state index contributed by atoms with van der Waals surface area (Å²) in [5.74, 6) is -0.257. The lowest BCUT2D eigenvalue weighted by Gasteiger charge is -2.34. The highest BCUT2D eigenvalue weighted by Gasteiger charge is 2.18. The van der Waals surface area contributed by atoms with Crippen molar-refractivity contribution in [3.05, 3.63) is 48.0 Å². The first-order chi connectivity index (χ1) is 14.0. The minimum Gasteiger partial charge on any atom is -0.353 e. The van der Waals surface area contributed by atoms with Gasteiger partial charge in [0.2, 0.25) is 17.7 Å². The van der Waals surface area contributed by atoms with Gasteiger partial charge in [0.1, 0.15) is 0 Å². The number of rotatable bonds is 7. The third kappa shape index (κ3) is 6.02. The average Bonchev–Trinajstić information content (AvgIpc) is 2.73. The number of hydrogen-bond acceptors (Lipinski definition) is 4. The van der Waals surface area contributed by atoms with Gasteiger partial charge in [0.15, 0.2) is 0 Å². The fourth-order valence-corrected chi connectivity index (χ4v) is 3.56. The third-order valence-electron chi connectivity index (χ3n) is 5.24. The molecule has 3 amide bonds. The summed E-state index contributed by atoms with van der Waals surface area (Å²) in [6, 6.07) is 13.8. The largest absolute Gasteiger partial charge is 0.353 e. The summed E-state index contributed by atoms with van der Waals surface area (Å²) in [4.78, 5) is 39.6. The zero-order valence-corrected chi connectivity index (χ0v) is 16.8. The summed E-state index contributed by atoms with van der Waals surface area (Å²) >= 11 is 0. The van der Waals surface area contributed by atoms with Crippen LogP contribution in [0.4, 0.5) is 0 Å². The lowest BCUT2D eigenvalue weighted by atomic mass is 10.0. The van der Waals surface area contributed by atoms with Crippen molar-refractivity contribution >= 4 is 28.5 Å². The van der Waals surface area contributed by atoms with E-state index in [2.05, 4.69) is 15.5 Å². The van der Waals surface area contributed by atoms with Crippen LogP contribution in [0, 0.1) is 0 Å². The molecule has 0 aromatic heterocycles. The molecule has 2 aromatic carbocycles. The van der Waals surface area contributed by atoms with Crippen molar-refractivity contribution in [3.8, 4) is 0 Å². The molecule has 154 valence electrons. The number of benzene rings is 2. The molecular formula is C22H28N4O3. The van der Waals surface area contributed by atoms with E-state index in [0.717, 1.165) is 49.1 Å². The molecule has 0 bridgehead atoms. The molecule has 2 N–H and O–H groups in total. The molecule has 1 aliphatic heterocycles. The molecule has 3 rings (SSSR count). The van der Waals surface area contributed by atoms with Crippen molar-refractivity contribution in [1.82, 2.24) is 20.4 Å². The number of hydrogen-bond donors (Lipinski definition) is 2. The summed E-state index contributed by atoms with van der Waals surface area (Å²) in [5, 5.41) is 7.68. The van der Waals surface area contributed by atoms with Gasteiger partial charge in [0.05, 0.1) is 13.0 Å². The van der Waals surface area contributed by atoms with E-state index in [4.69, 9.17) is 0 Å². The number of carbonyl (C=O) groups excluding carboxylic acids is 3. The van der Waals surface area contributed by atoms with Crippen LogP contribution in [-0.2, 0) is 20.8 Å². The Labute approximate surface area is 171 Å². The van der Waals surface area contributed by atoms with Crippen LogP contribution in [0.15, 0.2) is 42.5 Å². The number of fused-ring (bicyclic) bond motifs is 1. The molecule has 1 heterocycles. The Morgan fingerprint density at radius 2 is 1.62 bits per heavy atom. The van der Waals surface area contributed by atoms with Crippen molar-refractivity contribution in [2.75, 3.05) is 45.8 Å². The number of piperazine rings is 1. The quantitative estimate of drug-likeness (QED) is 0.725. The molecule has 0 radical (unpaired) electrons. The van der Waals surface area contributed by atoms with Gasteiger partial charge in [-0.15, -0.1) is 0 Å². The highest BCUT2D eigenvalue weighted by atomic mass is 16.2. The number of amides is 3. The minimum absolute atomic E-state index is 0.0261. The zero-order chi connectivity index (χ0) is 20.6. The minimum atomic E-state index is -0.196. The predicted molar refractivity (Wildman–Crippen MR) is 112 cm³/mol. The molecule has 0 saturated carbocycles. The highest BCUT2D eigenvalue weighted by molar-refractivity contribution is 5.91. The Morgan fingerprint density at radius 1 is 0.897 bits per heavy atom. The SMILES string of the molecule is CC(=O)N1CCN(CCNC(=O)CNC(=O)Cc2cccc3ccccc23)CC1. The number of nitrogens with one attached hydrogen (secondary N) is 2. The molecule has 7 heteroatoms. The summed E-state index contributed by atoms with van der Waals surface area (Å²) in [5.41, 5.74) is 0.950. The van der Waals surface area contributed by atoms with Crippen molar-refractivity contribution in [2.24, 2.45) is 0 Å². The van der Waals surface area contributed by atoms with Gasteiger partial charge < -0.3 is 15.5 Å². The Bertz CT molecular complexity index is 870. The van der Waals surface area contributed by atoms with Crippen LogP contribution in [0.2, 0.25) is 0 Å². The summed E-state index contributed by atoms with van der Waals surface area (Å²) < 4.78 is 0. The number of carbonyl (C=O) groups is 3. The van der Waals surface area contributed by atoms with E-state index in [9.17, 15) is 14.4 Å². The Morgan fingerprint density at radius 3 is 2.38 bits per heavy atom. The molecule has 1 fully saturated rings. The molecule has 7 nitrogen and oxygen atoms in total. The molecular weight excluding hydrogens is 368 g/mol. The van der Waals surface area contributed by atoms with Gasteiger partial charge in [-0.3, -0.25) is 19.3 Å².